The molecule has 6 heteroatoms. The number of hydrogen-bond donors (Lipinski definition) is 2. The van der Waals surface area contributed by atoms with Crippen molar-refractivity contribution in [1.29, 1.82) is 0 Å². The molecule has 0 saturated carbocycles. The van der Waals surface area contributed by atoms with Gasteiger partial charge in [-0.3, -0.25) is 4.79 Å². The molecule has 1 amide bonds. The minimum Gasteiger partial charge on any atom is -0.328 e. The number of nitrogens with one attached hydrogen (secondary N) is 2. The average Bonchev–Trinajstić information content (AvgIpc) is 2.52. The van der Waals surface area contributed by atoms with Gasteiger partial charge in [-0.2, -0.15) is 0 Å². The van der Waals surface area contributed by atoms with Crippen LogP contribution in [0.25, 0.3) is 0 Å². The maximum atomic E-state index is 13.7. The first-order chi connectivity index (χ1) is 11.0. The molecule has 0 aromatic heterocycles. The van der Waals surface area contributed by atoms with Crippen molar-refractivity contribution in [3.8, 4) is 0 Å². The number of rotatable bonds is 7. The Morgan fingerprint density at radius 2 is 2.04 bits per heavy atom. The van der Waals surface area contributed by atoms with E-state index in [1.807, 2.05) is 6.92 Å². The molecule has 23 heavy (non-hydrogen) atoms. The fourth-order valence-electron chi connectivity index (χ4n) is 2.34. The zero-order valence-electron chi connectivity index (χ0n) is 12.6. The zero-order valence-corrected chi connectivity index (χ0v) is 13.3. The van der Waals surface area contributed by atoms with Crippen LogP contribution in [0.3, 0.4) is 0 Å². The normalized spacial score (nSPS) is 12.0. The molecule has 1 unspecified atom stereocenters. The van der Waals surface area contributed by atoms with Crippen LogP contribution in [0.4, 0.5) is 14.5 Å². The summed E-state index contributed by atoms with van der Waals surface area (Å²) in [5.41, 5.74) is 1.80. The molecule has 2 aromatic carbocycles. The van der Waals surface area contributed by atoms with Crippen LogP contribution in [0.2, 0.25) is 5.02 Å². The number of amides is 1. The first kappa shape index (κ1) is 17.4. The summed E-state index contributed by atoms with van der Waals surface area (Å²) in [5.74, 6) is -1.85. The van der Waals surface area contributed by atoms with Gasteiger partial charge in [0.25, 0.3) is 0 Å². The van der Waals surface area contributed by atoms with Gasteiger partial charge >= 0.3 is 0 Å². The van der Waals surface area contributed by atoms with Gasteiger partial charge in [0.2, 0.25) is 6.41 Å². The molecule has 1 atom stereocenters. The third kappa shape index (κ3) is 4.50. The molecule has 0 bridgehead atoms. The monoisotopic (exact) mass is 338 g/mol. The predicted molar refractivity (Wildman–Crippen MR) is 87.6 cm³/mol. The molecule has 3 nitrogen and oxygen atoms in total. The maximum Gasteiger partial charge on any atom is 0.211 e. The highest BCUT2D eigenvalue weighted by Crippen LogP contribution is 2.22. The van der Waals surface area contributed by atoms with Gasteiger partial charge in [-0.25, -0.2) is 8.78 Å². The Bertz CT molecular complexity index is 694. The lowest BCUT2D eigenvalue weighted by Gasteiger charge is -2.15. The summed E-state index contributed by atoms with van der Waals surface area (Å²) >= 11 is 5.90. The van der Waals surface area contributed by atoms with E-state index in [9.17, 15) is 13.6 Å². The number of hydrogen-bond acceptors (Lipinski definition) is 2. The maximum absolute atomic E-state index is 13.7. The fraction of sp³-hybridized carbons (Fsp3) is 0.235. The second-order valence-electron chi connectivity index (χ2n) is 5.24. The van der Waals surface area contributed by atoms with Crippen LogP contribution < -0.4 is 10.6 Å². The van der Waals surface area contributed by atoms with Crippen LogP contribution in [-0.2, 0) is 11.3 Å². The number of anilines is 1. The van der Waals surface area contributed by atoms with E-state index in [0.717, 1.165) is 11.6 Å². The van der Waals surface area contributed by atoms with Crippen molar-refractivity contribution in [1.82, 2.24) is 5.32 Å². The van der Waals surface area contributed by atoms with Crippen molar-refractivity contribution in [3.05, 3.63) is 64.2 Å². The highest BCUT2D eigenvalue weighted by molar-refractivity contribution is 6.30. The first-order valence-electron chi connectivity index (χ1n) is 7.16. The van der Waals surface area contributed by atoms with Crippen molar-refractivity contribution in [2.24, 2.45) is 0 Å². The molecule has 0 radical (unpaired) electrons. The molecule has 2 aromatic rings. The number of benzene rings is 2. The van der Waals surface area contributed by atoms with Gasteiger partial charge in [-0.05, 0) is 35.2 Å². The van der Waals surface area contributed by atoms with E-state index in [0.29, 0.717) is 35.8 Å². The van der Waals surface area contributed by atoms with Crippen LogP contribution in [0.5, 0.6) is 0 Å². The van der Waals surface area contributed by atoms with Crippen LogP contribution in [0.15, 0.2) is 36.4 Å². The molecule has 0 fully saturated rings. The summed E-state index contributed by atoms with van der Waals surface area (Å²) in [5, 5.41) is 6.29. The van der Waals surface area contributed by atoms with Crippen molar-refractivity contribution in [3.63, 3.8) is 0 Å². The number of halogens is 3. The van der Waals surface area contributed by atoms with Gasteiger partial charge in [-0.1, -0.05) is 36.7 Å². The summed E-state index contributed by atoms with van der Waals surface area (Å²) in [6.07, 6.45) is 0.583. The minimum atomic E-state index is -0.843. The first-order valence-corrected chi connectivity index (χ1v) is 7.54. The van der Waals surface area contributed by atoms with E-state index in [2.05, 4.69) is 10.6 Å². The van der Waals surface area contributed by atoms with Crippen LogP contribution >= 0.6 is 11.6 Å². The van der Waals surface area contributed by atoms with E-state index < -0.39 is 11.6 Å². The highest BCUT2D eigenvalue weighted by Gasteiger charge is 2.14. The Hall–Kier alpha value is -1.98. The van der Waals surface area contributed by atoms with Crippen molar-refractivity contribution >= 4 is 23.7 Å². The van der Waals surface area contributed by atoms with Gasteiger partial charge in [0.15, 0.2) is 11.6 Å². The molecule has 2 N–H and O–H groups in total. The highest BCUT2D eigenvalue weighted by atomic mass is 35.5. The van der Waals surface area contributed by atoms with Crippen LogP contribution in [0, 0.1) is 11.6 Å². The smallest absolute Gasteiger partial charge is 0.211 e. The SMILES string of the molecule is CC(CNCc1ccc(Cl)cc1NC=O)c1cccc(F)c1F. The lowest BCUT2D eigenvalue weighted by atomic mass is 10.00. The fourth-order valence-corrected chi connectivity index (χ4v) is 2.51. The topological polar surface area (TPSA) is 41.1 Å². The third-order valence-corrected chi connectivity index (χ3v) is 3.80. The van der Waals surface area contributed by atoms with Crippen molar-refractivity contribution in [2.75, 3.05) is 11.9 Å². The van der Waals surface area contributed by atoms with Gasteiger partial charge < -0.3 is 10.6 Å². The van der Waals surface area contributed by atoms with Gasteiger partial charge in [0.05, 0.1) is 0 Å². The van der Waals surface area contributed by atoms with E-state index in [-0.39, 0.29) is 5.92 Å². The molecule has 0 aliphatic carbocycles. The standard InChI is InChI=1S/C17H17ClF2N2O/c1-11(14-3-2-4-15(19)17(14)20)8-21-9-12-5-6-13(18)7-16(12)22-10-23/h2-7,10-11,21H,8-9H2,1H3,(H,22,23). The van der Waals surface area contributed by atoms with E-state index >= 15 is 0 Å². The van der Waals surface area contributed by atoms with Crippen molar-refractivity contribution < 1.29 is 13.6 Å². The Kier molecular flexibility index (Phi) is 6.07. The molecule has 122 valence electrons. The van der Waals surface area contributed by atoms with Gasteiger partial charge in [-0.15, -0.1) is 0 Å². The second-order valence-corrected chi connectivity index (χ2v) is 5.68. The van der Waals surface area contributed by atoms with Crippen LogP contribution in [0.1, 0.15) is 24.0 Å². The summed E-state index contributed by atoms with van der Waals surface area (Å²) in [6.45, 7) is 2.75. The molecule has 0 aliphatic heterocycles. The summed E-state index contributed by atoms with van der Waals surface area (Å²) in [4.78, 5) is 10.6. The Labute approximate surface area is 138 Å². The molecule has 0 spiro atoms. The van der Waals surface area contributed by atoms with Crippen LogP contribution in [-0.4, -0.2) is 13.0 Å². The predicted octanol–water partition coefficient (Wildman–Crippen LogP) is 4.08. The molecule has 0 aliphatic rings. The zero-order chi connectivity index (χ0) is 16.8. The minimum absolute atomic E-state index is 0.194. The largest absolute Gasteiger partial charge is 0.328 e. The van der Waals surface area contributed by atoms with Gasteiger partial charge in [0, 0.05) is 23.8 Å². The molecule has 0 heterocycles. The Morgan fingerprint density at radius 3 is 2.78 bits per heavy atom. The Morgan fingerprint density at radius 1 is 1.26 bits per heavy atom. The van der Waals surface area contributed by atoms with E-state index in [1.54, 1.807) is 24.3 Å². The van der Waals surface area contributed by atoms with E-state index in [4.69, 9.17) is 11.6 Å². The number of carbonyl (C=O) groups is 1. The molecule has 2 rings (SSSR count). The summed E-state index contributed by atoms with van der Waals surface area (Å²) < 4.78 is 27.0. The number of carbonyl (C=O) groups excluding carboxylic acids is 1. The van der Waals surface area contributed by atoms with E-state index in [1.165, 1.54) is 6.07 Å². The van der Waals surface area contributed by atoms with Crippen molar-refractivity contribution in [2.45, 2.75) is 19.4 Å². The second kappa shape index (κ2) is 8.04. The summed E-state index contributed by atoms with van der Waals surface area (Å²) in [6, 6.07) is 9.35. The quantitative estimate of drug-likeness (QED) is 0.747. The van der Waals surface area contributed by atoms with Gasteiger partial charge in [0.1, 0.15) is 0 Å². The molecular formula is C17H17ClF2N2O. The third-order valence-electron chi connectivity index (χ3n) is 3.56. The lowest BCUT2D eigenvalue weighted by molar-refractivity contribution is -0.105. The lowest BCUT2D eigenvalue weighted by Crippen LogP contribution is -2.21. The summed E-state index contributed by atoms with van der Waals surface area (Å²) in [7, 11) is 0. The average molecular weight is 339 g/mol. The molecule has 0 saturated heterocycles. The molecular weight excluding hydrogens is 322 g/mol. The Balaban J connectivity index is 1.99.